The fraction of sp³-hybridized carbons (Fsp3) is 0.588. The van der Waals surface area contributed by atoms with Crippen molar-refractivity contribution in [2.75, 3.05) is 19.7 Å². The molecule has 2 rings (SSSR count). The van der Waals surface area contributed by atoms with Gasteiger partial charge < -0.3 is 15.4 Å². The molecule has 116 valence electrons. The number of hydrogen-bond donors (Lipinski definition) is 2. The van der Waals surface area contributed by atoms with E-state index in [1.807, 2.05) is 0 Å². The van der Waals surface area contributed by atoms with Crippen molar-refractivity contribution in [3.05, 3.63) is 29.3 Å². The van der Waals surface area contributed by atoms with Crippen LogP contribution in [0.4, 0.5) is 0 Å². The first-order chi connectivity index (χ1) is 10.2. The highest BCUT2D eigenvalue weighted by Crippen LogP contribution is 2.22. The third-order valence-corrected chi connectivity index (χ3v) is 3.49. The Bertz CT molecular complexity index is 461. The molecule has 1 aromatic rings. The van der Waals surface area contributed by atoms with Crippen LogP contribution in [-0.2, 0) is 0 Å². The van der Waals surface area contributed by atoms with Crippen LogP contribution in [0, 0.1) is 13.8 Å². The van der Waals surface area contributed by atoms with Gasteiger partial charge in [-0.1, -0.05) is 18.2 Å². The van der Waals surface area contributed by atoms with Crippen molar-refractivity contribution in [2.24, 2.45) is 4.99 Å². The van der Waals surface area contributed by atoms with Gasteiger partial charge in [0.2, 0.25) is 0 Å². The summed E-state index contributed by atoms with van der Waals surface area (Å²) < 4.78 is 5.89. The Morgan fingerprint density at radius 2 is 2.00 bits per heavy atom. The van der Waals surface area contributed by atoms with Gasteiger partial charge in [-0.05, 0) is 44.7 Å². The van der Waals surface area contributed by atoms with Gasteiger partial charge in [-0.2, -0.15) is 0 Å². The number of rotatable bonds is 7. The summed E-state index contributed by atoms with van der Waals surface area (Å²) in [6, 6.07) is 6.87. The molecule has 2 N–H and O–H groups in total. The Labute approximate surface area is 128 Å². The topological polar surface area (TPSA) is 45.7 Å². The number of hydrogen-bond acceptors (Lipinski definition) is 2. The van der Waals surface area contributed by atoms with E-state index in [0.717, 1.165) is 31.2 Å². The fourth-order valence-corrected chi connectivity index (χ4v) is 2.20. The zero-order chi connectivity index (χ0) is 15.1. The van der Waals surface area contributed by atoms with Gasteiger partial charge in [0.15, 0.2) is 5.96 Å². The molecular formula is C17H27N3O. The molecule has 1 fully saturated rings. The molecule has 1 saturated carbocycles. The predicted octanol–water partition coefficient (Wildman–Crippen LogP) is 2.79. The molecule has 1 aliphatic rings. The lowest BCUT2D eigenvalue weighted by atomic mass is 10.1. The molecule has 0 radical (unpaired) electrons. The maximum Gasteiger partial charge on any atom is 0.191 e. The quantitative estimate of drug-likeness (QED) is 0.461. The molecule has 0 heterocycles. The SMILES string of the molecule is CCNC(=NCCCOc1c(C)cccc1C)NC1CC1. The van der Waals surface area contributed by atoms with E-state index >= 15 is 0 Å². The fourth-order valence-electron chi connectivity index (χ4n) is 2.20. The third kappa shape index (κ3) is 5.29. The van der Waals surface area contributed by atoms with Gasteiger partial charge >= 0.3 is 0 Å². The lowest BCUT2D eigenvalue weighted by Gasteiger charge is -2.12. The van der Waals surface area contributed by atoms with Gasteiger partial charge in [-0.3, -0.25) is 4.99 Å². The molecule has 1 aliphatic carbocycles. The van der Waals surface area contributed by atoms with Gasteiger partial charge in [0.1, 0.15) is 5.75 Å². The number of benzene rings is 1. The standard InChI is InChI=1S/C17H27N3O/c1-4-18-17(20-15-9-10-15)19-11-6-12-21-16-13(2)7-5-8-14(16)3/h5,7-8,15H,4,6,9-12H2,1-3H3,(H2,18,19,20). The normalized spacial score (nSPS) is 14.9. The van der Waals surface area contributed by atoms with E-state index in [2.05, 4.69) is 54.6 Å². The van der Waals surface area contributed by atoms with Crippen LogP contribution >= 0.6 is 0 Å². The molecule has 0 atom stereocenters. The minimum absolute atomic E-state index is 0.633. The van der Waals surface area contributed by atoms with E-state index in [9.17, 15) is 0 Å². The average Bonchev–Trinajstić information content (AvgIpc) is 3.25. The highest BCUT2D eigenvalue weighted by molar-refractivity contribution is 5.80. The summed E-state index contributed by atoms with van der Waals surface area (Å²) in [7, 11) is 0. The van der Waals surface area contributed by atoms with Gasteiger partial charge in [-0.25, -0.2) is 0 Å². The van der Waals surface area contributed by atoms with Gasteiger partial charge in [-0.15, -0.1) is 0 Å². The van der Waals surface area contributed by atoms with Crippen molar-refractivity contribution in [1.82, 2.24) is 10.6 Å². The van der Waals surface area contributed by atoms with Gasteiger partial charge in [0.05, 0.1) is 6.61 Å². The summed E-state index contributed by atoms with van der Waals surface area (Å²) in [6.07, 6.45) is 3.45. The Morgan fingerprint density at radius 3 is 2.62 bits per heavy atom. The third-order valence-electron chi connectivity index (χ3n) is 3.49. The smallest absolute Gasteiger partial charge is 0.191 e. The van der Waals surface area contributed by atoms with Crippen LogP contribution in [0.1, 0.15) is 37.3 Å². The van der Waals surface area contributed by atoms with Crippen molar-refractivity contribution in [2.45, 2.75) is 46.1 Å². The van der Waals surface area contributed by atoms with Gasteiger partial charge in [0.25, 0.3) is 0 Å². The Hall–Kier alpha value is -1.71. The van der Waals surface area contributed by atoms with E-state index in [-0.39, 0.29) is 0 Å². The molecule has 4 nitrogen and oxygen atoms in total. The van der Waals surface area contributed by atoms with Crippen LogP contribution in [-0.4, -0.2) is 31.7 Å². The van der Waals surface area contributed by atoms with Crippen LogP contribution in [0.25, 0.3) is 0 Å². The van der Waals surface area contributed by atoms with Crippen molar-refractivity contribution in [3.63, 3.8) is 0 Å². The second-order valence-electron chi connectivity index (χ2n) is 5.60. The first kappa shape index (κ1) is 15.7. The maximum atomic E-state index is 5.89. The van der Waals surface area contributed by atoms with Crippen LogP contribution in [0.15, 0.2) is 23.2 Å². The van der Waals surface area contributed by atoms with Crippen LogP contribution < -0.4 is 15.4 Å². The molecule has 0 amide bonds. The Morgan fingerprint density at radius 1 is 1.29 bits per heavy atom. The summed E-state index contributed by atoms with van der Waals surface area (Å²) in [5.41, 5.74) is 2.39. The summed E-state index contributed by atoms with van der Waals surface area (Å²) in [5.74, 6) is 1.96. The summed E-state index contributed by atoms with van der Waals surface area (Å²) in [5, 5.41) is 6.70. The number of aryl methyl sites for hydroxylation is 2. The molecule has 21 heavy (non-hydrogen) atoms. The molecule has 4 heteroatoms. The molecule has 0 bridgehead atoms. The first-order valence-corrected chi connectivity index (χ1v) is 7.94. The average molecular weight is 289 g/mol. The summed E-state index contributed by atoms with van der Waals surface area (Å²) >= 11 is 0. The molecule has 0 aromatic heterocycles. The van der Waals surface area contributed by atoms with E-state index in [1.165, 1.54) is 24.0 Å². The first-order valence-electron chi connectivity index (χ1n) is 7.94. The monoisotopic (exact) mass is 289 g/mol. The Kier molecular flexibility index (Phi) is 5.90. The predicted molar refractivity (Wildman–Crippen MR) is 88.2 cm³/mol. The van der Waals surface area contributed by atoms with E-state index in [1.54, 1.807) is 0 Å². The van der Waals surface area contributed by atoms with Crippen molar-refractivity contribution in [3.8, 4) is 5.75 Å². The Balaban J connectivity index is 1.73. The molecular weight excluding hydrogens is 262 g/mol. The lowest BCUT2D eigenvalue weighted by molar-refractivity contribution is 0.309. The molecule has 0 unspecified atom stereocenters. The van der Waals surface area contributed by atoms with Crippen molar-refractivity contribution >= 4 is 5.96 Å². The largest absolute Gasteiger partial charge is 0.493 e. The number of guanidine groups is 1. The number of ether oxygens (including phenoxy) is 1. The molecule has 0 spiro atoms. The number of para-hydroxylation sites is 1. The van der Waals surface area contributed by atoms with E-state index in [4.69, 9.17) is 4.74 Å². The van der Waals surface area contributed by atoms with E-state index in [0.29, 0.717) is 12.6 Å². The number of nitrogens with zero attached hydrogens (tertiary/aromatic N) is 1. The highest BCUT2D eigenvalue weighted by atomic mass is 16.5. The molecule has 0 saturated heterocycles. The second-order valence-corrected chi connectivity index (χ2v) is 5.60. The maximum absolute atomic E-state index is 5.89. The van der Waals surface area contributed by atoms with Crippen LogP contribution in [0.3, 0.4) is 0 Å². The molecule has 1 aromatic carbocycles. The number of nitrogens with one attached hydrogen (secondary N) is 2. The van der Waals surface area contributed by atoms with Crippen molar-refractivity contribution < 1.29 is 4.74 Å². The lowest BCUT2D eigenvalue weighted by Crippen LogP contribution is -2.38. The summed E-state index contributed by atoms with van der Waals surface area (Å²) in [4.78, 5) is 4.58. The van der Waals surface area contributed by atoms with Gasteiger partial charge in [0, 0.05) is 25.6 Å². The van der Waals surface area contributed by atoms with Crippen molar-refractivity contribution in [1.29, 1.82) is 0 Å². The second kappa shape index (κ2) is 7.91. The van der Waals surface area contributed by atoms with Crippen LogP contribution in [0.2, 0.25) is 0 Å². The minimum atomic E-state index is 0.633. The summed E-state index contributed by atoms with van der Waals surface area (Å²) in [6.45, 7) is 8.66. The van der Waals surface area contributed by atoms with Crippen LogP contribution in [0.5, 0.6) is 5.75 Å². The molecule has 0 aliphatic heterocycles. The van der Waals surface area contributed by atoms with E-state index < -0.39 is 0 Å². The zero-order valence-corrected chi connectivity index (χ0v) is 13.4. The number of aliphatic imine (C=N–C) groups is 1. The zero-order valence-electron chi connectivity index (χ0n) is 13.4. The minimum Gasteiger partial charge on any atom is -0.493 e. The highest BCUT2D eigenvalue weighted by Gasteiger charge is 2.21.